The Morgan fingerprint density at radius 2 is 1.81 bits per heavy atom. The van der Waals surface area contributed by atoms with Gasteiger partial charge in [-0.25, -0.2) is 0 Å². The van der Waals surface area contributed by atoms with Gasteiger partial charge >= 0.3 is 5.97 Å². The maximum Gasteiger partial charge on any atom is 0.326 e. The van der Waals surface area contributed by atoms with E-state index in [1.54, 1.807) is 0 Å². The molecule has 0 aliphatic rings. The molecule has 0 aromatic heterocycles. The first-order valence-corrected chi connectivity index (χ1v) is 7.98. The summed E-state index contributed by atoms with van der Waals surface area (Å²) >= 11 is 0. The molecule has 0 aliphatic carbocycles. The zero-order chi connectivity index (χ0) is 18.1. The van der Waals surface area contributed by atoms with E-state index in [-0.39, 0.29) is 19.0 Å². The Morgan fingerprint density at radius 3 is 2.38 bits per heavy atom. The van der Waals surface area contributed by atoms with Crippen molar-refractivity contribution in [3.05, 3.63) is 78.4 Å². The quantitative estimate of drug-likeness (QED) is 0.535. The molecule has 2 atom stereocenters. The normalized spacial score (nSPS) is 12.4. The van der Waals surface area contributed by atoms with Crippen LogP contribution in [0.15, 0.2) is 67.3 Å². The summed E-state index contributed by atoms with van der Waals surface area (Å²) in [5, 5.41) is 0. The van der Waals surface area contributed by atoms with Crippen LogP contribution in [0.2, 0.25) is 0 Å². The lowest BCUT2D eigenvalue weighted by Gasteiger charge is -2.21. The van der Waals surface area contributed by atoms with Crippen molar-refractivity contribution in [2.75, 3.05) is 13.7 Å². The van der Waals surface area contributed by atoms with Crippen molar-refractivity contribution in [1.29, 1.82) is 0 Å². The molecule has 0 heterocycles. The molecule has 0 unspecified atom stereocenters. The number of carbonyl (C=O) groups is 1. The molecular formula is C20H24ClNO4. The van der Waals surface area contributed by atoms with Crippen molar-refractivity contribution < 1.29 is 19.0 Å². The summed E-state index contributed by atoms with van der Waals surface area (Å²) in [6.45, 7) is 4.11. The number of esters is 1. The minimum absolute atomic E-state index is 0. The summed E-state index contributed by atoms with van der Waals surface area (Å²) < 4.78 is 16.1. The van der Waals surface area contributed by atoms with Gasteiger partial charge in [-0.05, 0) is 23.3 Å². The fraction of sp³-hybridized carbons (Fsp3) is 0.250. The van der Waals surface area contributed by atoms with Gasteiger partial charge in [-0.2, -0.15) is 0 Å². The Bertz CT molecular complexity index is 676. The van der Waals surface area contributed by atoms with E-state index in [9.17, 15) is 4.79 Å². The Kier molecular flexibility index (Phi) is 9.44. The molecule has 0 radical (unpaired) electrons. The third-order valence-electron chi connectivity index (χ3n) is 3.65. The summed E-state index contributed by atoms with van der Waals surface area (Å²) in [4.78, 5) is 11.9. The van der Waals surface area contributed by atoms with Crippen LogP contribution in [-0.4, -0.2) is 25.7 Å². The second-order valence-electron chi connectivity index (χ2n) is 5.44. The average Bonchev–Trinajstić information content (AvgIpc) is 2.66. The number of halogens is 1. The molecule has 2 N–H and O–H groups in total. The van der Waals surface area contributed by atoms with Crippen LogP contribution in [0, 0.1) is 0 Å². The highest BCUT2D eigenvalue weighted by Gasteiger charge is 2.27. The van der Waals surface area contributed by atoms with Gasteiger partial charge in [0.25, 0.3) is 0 Å². The van der Waals surface area contributed by atoms with E-state index in [4.69, 9.17) is 19.9 Å². The number of ether oxygens (including phenoxy) is 3. The van der Waals surface area contributed by atoms with Crippen molar-refractivity contribution in [2.45, 2.75) is 18.8 Å². The monoisotopic (exact) mass is 377 g/mol. The Morgan fingerprint density at radius 1 is 1.15 bits per heavy atom. The van der Waals surface area contributed by atoms with Crippen LogP contribution in [0.5, 0.6) is 5.75 Å². The molecule has 6 heteroatoms. The lowest BCUT2D eigenvalue weighted by atomic mass is 10.0. The summed E-state index contributed by atoms with van der Waals surface area (Å²) in [7, 11) is 1.51. The molecule has 5 nitrogen and oxygen atoms in total. The fourth-order valence-electron chi connectivity index (χ4n) is 2.35. The summed E-state index contributed by atoms with van der Waals surface area (Å²) in [6, 6.07) is 16.3. The van der Waals surface area contributed by atoms with E-state index in [0.717, 1.165) is 16.9 Å². The van der Waals surface area contributed by atoms with Crippen LogP contribution < -0.4 is 10.5 Å². The van der Waals surface area contributed by atoms with Gasteiger partial charge in [0.05, 0.1) is 0 Å². The van der Waals surface area contributed by atoms with Gasteiger partial charge in [0.15, 0.2) is 0 Å². The van der Waals surface area contributed by atoms with Crippen molar-refractivity contribution in [1.82, 2.24) is 0 Å². The number of hydrogen-bond donors (Lipinski definition) is 1. The predicted molar refractivity (Wildman–Crippen MR) is 103 cm³/mol. The van der Waals surface area contributed by atoms with Crippen molar-refractivity contribution in [2.24, 2.45) is 5.73 Å². The molecular weight excluding hydrogens is 354 g/mol. The summed E-state index contributed by atoms with van der Waals surface area (Å²) in [5.41, 5.74) is 7.82. The molecule has 0 aliphatic heterocycles. The molecule has 0 fully saturated rings. The van der Waals surface area contributed by atoms with Crippen LogP contribution in [0.4, 0.5) is 0 Å². The second kappa shape index (κ2) is 11.3. The lowest BCUT2D eigenvalue weighted by molar-refractivity contribution is -0.147. The van der Waals surface area contributed by atoms with Crippen LogP contribution in [-0.2, 0) is 20.9 Å². The minimum Gasteiger partial charge on any atom is -0.489 e. The van der Waals surface area contributed by atoms with E-state index >= 15 is 0 Å². The first kappa shape index (κ1) is 21.7. The van der Waals surface area contributed by atoms with Gasteiger partial charge < -0.3 is 19.9 Å². The van der Waals surface area contributed by atoms with Crippen molar-refractivity contribution in [3.63, 3.8) is 0 Å². The molecule has 0 saturated carbocycles. The molecule has 2 rings (SSSR count). The van der Waals surface area contributed by atoms with Crippen LogP contribution in [0.1, 0.15) is 17.2 Å². The van der Waals surface area contributed by atoms with Gasteiger partial charge in [0.1, 0.15) is 31.1 Å². The smallest absolute Gasteiger partial charge is 0.326 e. The zero-order valence-electron chi connectivity index (χ0n) is 14.7. The van der Waals surface area contributed by atoms with E-state index in [1.165, 1.54) is 13.2 Å². The van der Waals surface area contributed by atoms with Crippen molar-refractivity contribution >= 4 is 18.4 Å². The SMILES string of the molecule is C=CCOC(=O)[C@@H](N)[C@H](OC)c1ccc(OCc2ccccc2)cc1.Cl. The molecule has 2 aromatic carbocycles. The number of benzene rings is 2. The molecule has 140 valence electrons. The van der Waals surface area contributed by atoms with E-state index in [1.807, 2.05) is 54.6 Å². The third-order valence-corrected chi connectivity index (χ3v) is 3.65. The number of nitrogens with two attached hydrogens (primary N) is 1. The van der Waals surface area contributed by atoms with Gasteiger partial charge in [-0.3, -0.25) is 4.79 Å². The molecule has 0 amide bonds. The Labute approximate surface area is 160 Å². The third kappa shape index (κ3) is 6.19. The lowest BCUT2D eigenvalue weighted by Crippen LogP contribution is -2.39. The highest BCUT2D eigenvalue weighted by atomic mass is 35.5. The Balaban J connectivity index is 0.00000338. The highest BCUT2D eigenvalue weighted by molar-refractivity contribution is 5.85. The van der Waals surface area contributed by atoms with Gasteiger partial charge in [-0.1, -0.05) is 55.1 Å². The predicted octanol–water partition coefficient (Wildman–Crippen LogP) is 3.43. The molecule has 2 aromatic rings. The van der Waals surface area contributed by atoms with E-state index in [2.05, 4.69) is 6.58 Å². The molecule has 26 heavy (non-hydrogen) atoms. The maximum absolute atomic E-state index is 11.9. The summed E-state index contributed by atoms with van der Waals surface area (Å²) in [6.07, 6.45) is 0.895. The van der Waals surface area contributed by atoms with E-state index in [0.29, 0.717) is 6.61 Å². The van der Waals surface area contributed by atoms with Gasteiger partial charge in [0.2, 0.25) is 0 Å². The molecule has 0 spiro atoms. The zero-order valence-corrected chi connectivity index (χ0v) is 15.5. The topological polar surface area (TPSA) is 70.8 Å². The van der Waals surface area contributed by atoms with Crippen molar-refractivity contribution in [3.8, 4) is 5.75 Å². The first-order chi connectivity index (χ1) is 12.2. The number of carbonyl (C=O) groups excluding carboxylic acids is 1. The fourth-order valence-corrected chi connectivity index (χ4v) is 2.35. The molecule has 0 bridgehead atoms. The summed E-state index contributed by atoms with van der Waals surface area (Å²) in [5.74, 6) is 0.196. The number of methoxy groups -OCH3 is 1. The minimum atomic E-state index is -0.916. The van der Waals surface area contributed by atoms with Gasteiger partial charge in [-0.15, -0.1) is 12.4 Å². The first-order valence-electron chi connectivity index (χ1n) is 7.98. The highest BCUT2D eigenvalue weighted by Crippen LogP contribution is 2.23. The Hall–Kier alpha value is -2.34. The largest absolute Gasteiger partial charge is 0.489 e. The number of hydrogen-bond acceptors (Lipinski definition) is 5. The number of rotatable bonds is 9. The standard InChI is InChI=1S/C20H23NO4.ClH/c1-3-13-24-20(22)18(21)19(23-2)16-9-11-17(12-10-16)25-14-15-7-5-4-6-8-15;/h3-12,18-19H,1,13-14,21H2,2H3;1H/t18-,19+;/m0./s1. The van der Waals surface area contributed by atoms with Crippen LogP contribution in [0.25, 0.3) is 0 Å². The van der Waals surface area contributed by atoms with Crippen LogP contribution in [0.3, 0.4) is 0 Å². The second-order valence-corrected chi connectivity index (χ2v) is 5.44. The van der Waals surface area contributed by atoms with E-state index < -0.39 is 18.1 Å². The molecule has 0 saturated heterocycles. The van der Waals surface area contributed by atoms with Gasteiger partial charge in [0, 0.05) is 7.11 Å². The van der Waals surface area contributed by atoms with Crippen LogP contribution >= 0.6 is 12.4 Å². The average molecular weight is 378 g/mol. The maximum atomic E-state index is 11.9.